The highest BCUT2D eigenvalue weighted by Gasteiger charge is 1.88. The minimum absolute atomic E-state index is 0.694. The summed E-state index contributed by atoms with van der Waals surface area (Å²) in [6.07, 6.45) is 13.8. The second-order valence-corrected chi connectivity index (χ2v) is 4.28. The monoisotopic (exact) mass is 222 g/mol. The maximum Gasteiger partial charge on any atom is 0.119 e. The average molecular weight is 222 g/mol. The second kappa shape index (κ2) is 14.2. The molecule has 0 saturated heterocycles. The Labute approximate surface area is 101 Å². The molecule has 16 heavy (non-hydrogen) atoms. The molecule has 0 atom stereocenters. The molecular weight excluding hydrogens is 196 g/mol. The Morgan fingerprint density at radius 3 is 2.00 bits per heavy atom. The third kappa shape index (κ3) is 13.2. The largest absolute Gasteiger partial charge is 0.303 e. The zero-order valence-corrected chi connectivity index (χ0v) is 10.8. The van der Waals surface area contributed by atoms with Gasteiger partial charge in [0.05, 0.1) is 0 Å². The van der Waals surface area contributed by atoms with Crippen LogP contribution >= 0.6 is 0 Å². The zero-order valence-electron chi connectivity index (χ0n) is 10.8. The van der Waals surface area contributed by atoms with Gasteiger partial charge in [0.25, 0.3) is 0 Å². The predicted octanol–water partition coefficient (Wildman–Crippen LogP) is 4.50. The maximum atomic E-state index is 10.1. The fourth-order valence-electron chi connectivity index (χ4n) is 1.61. The molecule has 0 aromatic heterocycles. The van der Waals surface area contributed by atoms with Crippen LogP contribution < -0.4 is 0 Å². The predicted molar refractivity (Wildman–Crippen MR) is 70.3 cm³/mol. The van der Waals surface area contributed by atoms with E-state index in [0.717, 1.165) is 32.0 Å². The smallest absolute Gasteiger partial charge is 0.119 e. The van der Waals surface area contributed by atoms with Crippen LogP contribution in [0.15, 0.2) is 0 Å². The van der Waals surface area contributed by atoms with Crippen LogP contribution in [0.4, 0.5) is 0 Å². The van der Waals surface area contributed by atoms with Gasteiger partial charge in [-0.3, -0.25) is 0 Å². The van der Waals surface area contributed by atoms with Crippen molar-refractivity contribution in [2.45, 2.75) is 77.6 Å². The number of unbranched alkanes of at least 4 members (excludes halogenated alkanes) is 9. The van der Waals surface area contributed by atoms with Gasteiger partial charge in [-0.15, -0.1) is 11.8 Å². The molecule has 0 fully saturated rings. The molecule has 0 bridgehead atoms. The lowest BCUT2D eigenvalue weighted by Gasteiger charge is -1.96. The third-order valence-electron chi connectivity index (χ3n) is 2.65. The molecule has 0 aliphatic carbocycles. The molecule has 92 valence electrons. The molecule has 0 N–H and O–H groups in total. The van der Waals surface area contributed by atoms with Gasteiger partial charge in [0.2, 0.25) is 0 Å². The van der Waals surface area contributed by atoms with Crippen LogP contribution in [0.1, 0.15) is 77.6 Å². The van der Waals surface area contributed by atoms with Gasteiger partial charge in [0.1, 0.15) is 6.29 Å². The molecule has 0 aromatic carbocycles. The molecule has 0 spiro atoms. The summed E-state index contributed by atoms with van der Waals surface area (Å²) in [6, 6.07) is 0. The highest BCUT2D eigenvalue weighted by Crippen LogP contribution is 2.06. The van der Waals surface area contributed by atoms with Crippen LogP contribution in [0.5, 0.6) is 0 Å². The summed E-state index contributed by atoms with van der Waals surface area (Å²) in [7, 11) is 0. The molecule has 0 aliphatic heterocycles. The Hall–Kier alpha value is -0.770. The Balaban J connectivity index is 3.06. The highest BCUT2D eigenvalue weighted by atomic mass is 16.1. The minimum Gasteiger partial charge on any atom is -0.303 e. The van der Waals surface area contributed by atoms with Gasteiger partial charge >= 0.3 is 0 Å². The topological polar surface area (TPSA) is 17.1 Å². The first-order valence-electron chi connectivity index (χ1n) is 6.81. The van der Waals surface area contributed by atoms with E-state index < -0.39 is 0 Å². The lowest BCUT2D eigenvalue weighted by Crippen LogP contribution is -1.78. The van der Waals surface area contributed by atoms with Crippen molar-refractivity contribution in [2.75, 3.05) is 0 Å². The second-order valence-electron chi connectivity index (χ2n) is 4.28. The quantitative estimate of drug-likeness (QED) is 0.302. The van der Waals surface area contributed by atoms with Crippen LogP contribution in [-0.4, -0.2) is 6.29 Å². The van der Waals surface area contributed by atoms with E-state index in [1.807, 2.05) is 0 Å². The lowest BCUT2D eigenvalue weighted by atomic mass is 10.1. The first-order chi connectivity index (χ1) is 7.91. The van der Waals surface area contributed by atoms with Gasteiger partial charge in [0.15, 0.2) is 0 Å². The molecule has 0 aromatic rings. The van der Waals surface area contributed by atoms with Crippen molar-refractivity contribution in [3.63, 3.8) is 0 Å². The van der Waals surface area contributed by atoms with E-state index in [4.69, 9.17) is 0 Å². The van der Waals surface area contributed by atoms with Crippen molar-refractivity contribution in [2.24, 2.45) is 0 Å². The van der Waals surface area contributed by atoms with Crippen molar-refractivity contribution >= 4 is 6.29 Å². The summed E-state index contributed by atoms with van der Waals surface area (Å²) in [5.41, 5.74) is 0. The Kier molecular flexibility index (Phi) is 13.5. The van der Waals surface area contributed by atoms with Gasteiger partial charge in [-0.2, -0.15) is 0 Å². The number of hydrogen-bond acceptors (Lipinski definition) is 1. The molecule has 1 heteroatoms. The van der Waals surface area contributed by atoms with Crippen LogP contribution in [0.3, 0.4) is 0 Å². The maximum absolute atomic E-state index is 10.1. The summed E-state index contributed by atoms with van der Waals surface area (Å²) in [5.74, 6) is 6.40. The molecule has 0 saturated carbocycles. The van der Waals surface area contributed by atoms with E-state index in [1.54, 1.807) is 0 Å². The van der Waals surface area contributed by atoms with Crippen LogP contribution in [0.2, 0.25) is 0 Å². The minimum atomic E-state index is 0.694. The van der Waals surface area contributed by atoms with E-state index in [2.05, 4.69) is 18.8 Å². The molecule has 0 unspecified atom stereocenters. The van der Waals surface area contributed by atoms with Crippen LogP contribution in [0.25, 0.3) is 0 Å². The first kappa shape index (κ1) is 15.2. The fourth-order valence-corrected chi connectivity index (χ4v) is 1.61. The summed E-state index contributed by atoms with van der Waals surface area (Å²) in [6.45, 7) is 2.25. The third-order valence-corrected chi connectivity index (χ3v) is 2.65. The van der Waals surface area contributed by atoms with E-state index in [9.17, 15) is 4.79 Å². The average Bonchev–Trinajstić information content (AvgIpc) is 2.31. The summed E-state index contributed by atoms with van der Waals surface area (Å²) >= 11 is 0. The number of carbonyl (C=O) groups excluding carboxylic acids is 1. The number of rotatable bonds is 10. The Morgan fingerprint density at radius 1 is 0.812 bits per heavy atom. The highest BCUT2D eigenvalue weighted by molar-refractivity contribution is 5.48. The van der Waals surface area contributed by atoms with E-state index >= 15 is 0 Å². The molecule has 1 nitrogen and oxygen atoms in total. The normalized spacial score (nSPS) is 9.56. The summed E-state index contributed by atoms with van der Waals surface area (Å²) in [4.78, 5) is 10.1. The Bertz CT molecular complexity index is 197. The SMILES string of the molecule is CCCCCCCCC#CCCCCC=O. The van der Waals surface area contributed by atoms with Gasteiger partial charge in [-0.1, -0.05) is 39.0 Å². The zero-order chi connectivity index (χ0) is 11.9. The van der Waals surface area contributed by atoms with E-state index in [1.165, 1.54) is 38.5 Å². The van der Waals surface area contributed by atoms with Crippen LogP contribution in [-0.2, 0) is 4.79 Å². The van der Waals surface area contributed by atoms with E-state index in [-0.39, 0.29) is 0 Å². The first-order valence-corrected chi connectivity index (χ1v) is 6.81. The van der Waals surface area contributed by atoms with Crippen molar-refractivity contribution in [3.05, 3.63) is 0 Å². The fraction of sp³-hybridized carbons (Fsp3) is 0.800. The lowest BCUT2D eigenvalue weighted by molar-refractivity contribution is -0.107. The Morgan fingerprint density at radius 2 is 1.38 bits per heavy atom. The standard InChI is InChI=1S/C15H26O/c1-2-3-4-5-6-7-8-9-10-11-12-13-14-15-16/h15H,2-8,11-14H2,1H3. The molecule has 0 rings (SSSR count). The van der Waals surface area contributed by atoms with Crippen molar-refractivity contribution in [1.29, 1.82) is 0 Å². The molecule has 0 aliphatic rings. The number of hydrogen-bond donors (Lipinski definition) is 0. The van der Waals surface area contributed by atoms with Gasteiger partial charge in [-0.05, 0) is 19.3 Å². The molecular formula is C15H26O. The van der Waals surface area contributed by atoms with Crippen molar-refractivity contribution < 1.29 is 4.79 Å². The molecule has 0 amide bonds. The van der Waals surface area contributed by atoms with Gasteiger partial charge < -0.3 is 4.79 Å². The molecule has 0 heterocycles. The number of carbonyl (C=O) groups is 1. The van der Waals surface area contributed by atoms with E-state index in [0.29, 0.717) is 6.42 Å². The summed E-state index contributed by atoms with van der Waals surface area (Å²) < 4.78 is 0. The summed E-state index contributed by atoms with van der Waals surface area (Å²) in [5, 5.41) is 0. The van der Waals surface area contributed by atoms with Gasteiger partial charge in [0, 0.05) is 19.3 Å². The van der Waals surface area contributed by atoms with Crippen molar-refractivity contribution in [1.82, 2.24) is 0 Å². The van der Waals surface area contributed by atoms with Gasteiger partial charge in [-0.25, -0.2) is 0 Å². The van der Waals surface area contributed by atoms with Crippen molar-refractivity contribution in [3.8, 4) is 11.8 Å². The molecule has 0 radical (unpaired) electrons. The number of aldehydes is 1. The van der Waals surface area contributed by atoms with Crippen LogP contribution in [0, 0.1) is 11.8 Å².